The van der Waals surface area contributed by atoms with E-state index in [-0.39, 0.29) is 18.4 Å². The number of hydrogen-bond donors (Lipinski definition) is 3. The molecule has 7 nitrogen and oxygen atoms in total. The predicted octanol–water partition coefficient (Wildman–Crippen LogP) is 0.766. The molecular formula is C19H29N5O2. The quantitative estimate of drug-likeness (QED) is 0.496. The molecule has 26 heavy (non-hydrogen) atoms. The van der Waals surface area contributed by atoms with Crippen molar-refractivity contribution < 1.29 is 9.59 Å². The summed E-state index contributed by atoms with van der Waals surface area (Å²) >= 11 is 0. The van der Waals surface area contributed by atoms with Crippen molar-refractivity contribution in [2.75, 3.05) is 39.8 Å². The third kappa shape index (κ3) is 6.06. The number of nitrogens with zero attached hydrogens (tertiary/aromatic N) is 2. The molecule has 1 aromatic rings. The van der Waals surface area contributed by atoms with E-state index in [0.717, 1.165) is 44.5 Å². The van der Waals surface area contributed by atoms with Crippen LogP contribution in [0.15, 0.2) is 29.3 Å². The second kappa shape index (κ2) is 10.4. The van der Waals surface area contributed by atoms with Gasteiger partial charge in [0.25, 0.3) is 5.91 Å². The summed E-state index contributed by atoms with van der Waals surface area (Å²) in [6.07, 6.45) is 2.93. The van der Waals surface area contributed by atoms with Crippen molar-refractivity contribution in [1.29, 1.82) is 0 Å². The van der Waals surface area contributed by atoms with Crippen molar-refractivity contribution in [3.05, 3.63) is 35.4 Å². The molecule has 0 spiro atoms. The summed E-state index contributed by atoms with van der Waals surface area (Å²) in [4.78, 5) is 30.1. The third-order valence-corrected chi connectivity index (χ3v) is 4.30. The van der Waals surface area contributed by atoms with Crippen LogP contribution >= 0.6 is 0 Å². The van der Waals surface area contributed by atoms with Gasteiger partial charge >= 0.3 is 0 Å². The Bertz CT molecular complexity index is 639. The van der Waals surface area contributed by atoms with Crippen LogP contribution < -0.4 is 16.0 Å². The molecule has 1 aliphatic heterocycles. The minimum absolute atomic E-state index is 0.0815. The lowest BCUT2D eigenvalue weighted by molar-refractivity contribution is -0.128. The fourth-order valence-corrected chi connectivity index (χ4v) is 2.89. The van der Waals surface area contributed by atoms with Gasteiger partial charge in [0.15, 0.2) is 5.96 Å². The molecule has 1 aliphatic rings. The van der Waals surface area contributed by atoms with E-state index < -0.39 is 0 Å². The molecule has 1 saturated heterocycles. The standard InChI is InChI=1S/C19H29N5O2/c1-3-21-19(23-14-17(25)24-11-4-5-12-24)22-10-9-15-7-6-8-16(13-15)18(26)20-2/h6-8,13H,3-5,9-12,14H2,1-2H3,(H,20,26)(H2,21,22,23). The van der Waals surface area contributed by atoms with Crippen LogP contribution in [-0.4, -0.2) is 62.4 Å². The van der Waals surface area contributed by atoms with Gasteiger partial charge in [0.2, 0.25) is 5.91 Å². The van der Waals surface area contributed by atoms with E-state index in [2.05, 4.69) is 20.9 Å². The molecule has 0 radical (unpaired) electrons. The Hall–Kier alpha value is -2.57. The van der Waals surface area contributed by atoms with Gasteiger partial charge in [0.1, 0.15) is 6.54 Å². The summed E-state index contributed by atoms with van der Waals surface area (Å²) in [5, 5.41) is 9.03. The predicted molar refractivity (Wildman–Crippen MR) is 103 cm³/mol. The van der Waals surface area contributed by atoms with Gasteiger partial charge in [-0.05, 0) is 43.9 Å². The number of benzene rings is 1. The summed E-state index contributed by atoms with van der Waals surface area (Å²) in [5.41, 5.74) is 1.73. The Morgan fingerprint density at radius 3 is 2.65 bits per heavy atom. The fraction of sp³-hybridized carbons (Fsp3) is 0.526. The summed E-state index contributed by atoms with van der Waals surface area (Å²) < 4.78 is 0. The van der Waals surface area contributed by atoms with E-state index in [4.69, 9.17) is 0 Å². The molecule has 1 heterocycles. The molecular weight excluding hydrogens is 330 g/mol. The van der Waals surface area contributed by atoms with Gasteiger partial charge in [-0.25, -0.2) is 4.99 Å². The minimum Gasteiger partial charge on any atom is -0.357 e. The fourth-order valence-electron chi connectivity index (χ4n) is 2.89. The molecule has 0 aromatic heterocycles. The zero-order valence-electron chi connectivity index (χ0n) is 15.7. The van der Waals surface area contributed by atoms with Crippen molar-refractivity contribution in [2.45, 2.75) is 26.2 Å². The van der Waals surface area contributed by atoms with Crippen LogP contribution in [0.5, 0.6) is 0 Å². The lowest BCUT2D eigenvalue weighted by Gasteiger charge is -2.15. The highest BCUT2D eigenvalue weighted by Crippen LogP contribution is 2.07. The van der Waals surface area contributed by atoms with Crippen molar-refractivity contribution in [2.24, 2.45) is 4.99 Å². The van der Waals surface area contributed by atoms with Crippen LogP contribution in [0.25, 0.3) is 0 Å². The van der Waals surface area contributed by atoms with Gasteiger partial charge in [-0.3, -0.25) is 9.59 Å². The highest BCUT2D eigenvalue weighted by molar-refractivity contribution is 5.94. The van der Waals surface area contributed by atoms with E-state index >= 15 is 0 Å². The van der Waals surface area contributed by atoms with Gasteiger partial charge in [-0.2, -0.15) is 0 Å². The number of hydrogen-bond acceptors (Lipinski definition) is 3. The number of likely N-dealkylation sites (tertiary alicyclic amines) is 1. The number of carbonyl (C=O) groups is 2. The molecule has 1 fully saturated rings. The largest absolute Gasteiger partial charge is 0.357 e. The summed E-state index contributed by atoms with van der Waals surface area (Å²) in [7, 11) is 1.62. The number of rotatable bonds is 7. The Morgan fingerprint density at radius 1 is 1.19 bits per heavy atom. The SMILES string of the molecule is CCNC(=NCC(=O)N1CCCC1)NCCc1cccc(C(=O)NC)c1. The highest BCUT2D eigenvalue weighted by atomic mass is 16.2. The maximum absolute atomic E-state index is 12.1. The monoisotopic (exact) mass is 359 g/mol. The number of guanidine groups is 1. The first-order valence-electron chi connectivity index (χ1n) is 9.25. The number of aliphatic imine (C=N–C) groups is 1. The molecule has 0 aliphatic carbocycles. The highest BCUT2D eigenvalue weighted by Gasteiger charge is 2.17. The van der Waals surface area contributed by atoms with Crippen molar-refractivity contribution in [1.82, 2.24) is 20.9 Å². The van der Waals surface area contributed by atoms with Gasteiger partial charge in [-0.1, -0.05) is 12.1 Å². The number of amides is 2. The van der Waals surface area contributed by atoms with Crippen molar-refractivity contribution in [3.63, 3.8) is 0 Å². The Balaban J connectivity index is 1.84. The average molecular weight is 359 g/mol. The van der Waals surface area contributed by atoms with Crippen LogP contribution in [0.2, 0.25) is 0 Å². The van der Waals surface area contributed by atoms with E-state index in [9.17, 15) is 9.59 Å². The third-order valence-electron chi connectivity index (χ3n) is 4.30. The Labute approximate surface area is 155 Å². The molecule has 0 saturated carbocycles. The second-order valence-corrected chi connectivity index (χ2v) is 6.24. The number of nitrogens with one attached hydrogen (secondary N) is 3. The topological polar surface area (TPSA) is 85.8 Å². The zero-order chi connectivity index (χ0) is 18.8. The van der Waals surface area contributed by atoms with Gasteiger partial charge in [0, 0.05) is 38.8 Å². The lowest BCUT2D eigenvalue weighted by atomic mass is 10.1. The van der Waals surface area contributed by atoms with E-state index in [0.29, 0.717) is 18.1 Å². The van der Waals surface area contributed by atoms with Crippen LogP contribution in [-0.2, 0) is 11.2 Å². The molecule has 142 valence electrons. The molecule has 0 atom stereocenters. The van der Waals surface area contributed by atoms with Gasteiger partial charge in [-0.15, -0.1) is 0 Å². The van der Waals surface area contributed by atoms with Gasteiger partial charge in [0.05, 0.1) is 0 Å². The molecule has 1 aromatic carbocycles. The normalized spacial score (nSPS) is 14.2. The molecule has 0 bridgehead atoms. The maximum Gasteiger partial charge on any atom is 0.251 e. The van der Waals surface area contributed by atoms with Crippen molar-refractivity contribution >= 4 is 17.8 Å². The Morgan fingerprint density at radius 2 is 1.96 bits per heavy atom. The molecule has 7 heteroatoms. The van der Waals surface area contributed by atoms with Gasteiger partial charge < -0.3 is 20.9 Å². The van der Waals surface area contributed by atoms with Crippen LogP contribution in [0.1, 0.15) is 35.7 Å². The lowest BCUT2D eigenvalue weighted by Crippen LogP contribution is -2.39. The first-order chi connectivity index (χ1) is 12.6. The van der Waals surface area contributed by atoms with E-state index in [1.54, 1.807) is 13.1 Å². The second-order valence-electron chi connectivity index (χ2n) is 6.24. The summed E-state index contributed by atoms with van der Waals surface area (Å²) in [6.45, 7) is 5.25. The smallest absolute Gasteiger partial charge is 0.251 e. The summed E-state index contributed by atoms with van der Waals surface area (Å²) in [6, 6.07) is 7.57. The summed E-state index contributed by atoms with van der Waals surface area (Å²) in [5.74, 6) is 0.635. The average Bonchev–Trinajstić information content (AvgIpc) is 3.20. The van der Waals surface area contributed by atoms with Crippen LogP contribution in [0, 0.1) is 0 Å². The molecule has 0 unspecified atom stereocenters. The molecule has 2 rings (SSSR count). The van der Waals surface area contributed by atoms with E-state index in [1.165, 1.54) is 0 Å². The van der Waals surface area contributed by atoms with Crippen LogP contribution in [0.4, 0.5) is 0 Å². The first-order valence-corrected chi connectivity index (χ1v) is 9.25. The number of carbonyl (C=O) groups excluding carboxylic acids is 2. The zero-order valence-corrected chi connectivity index (χ0v) is 15.7. The van der Waals surface area contributed by atoms with Crippen LogP contribution in [0.3, 0.4) is 0 Å². The molecule has 3 N–H and O–H groups in total. The minimum atomic E-state index is -0.0878. The van der Waals surface area contributed by atoms with Crippen molar-refractivity contribution in [3.8, 4) is 0 Å². The molecule has 2 amide bonds. The maximum atomic E-state index is 12.1. The first kappa shape index (κ1) is 19.8. The van der Waals surface area contributed by atoms with E-state index in [1.807, 2.05) is 30.0 Å². The Kier molecular flexibility index (Phi) is 7.92.